The maximum absolute atomic E-state index is 10.6. The molecule has 0 radical (unpaired) electrons. The highest BCUT2D eigenvalue weighted by molar-refractivity contribution is 5.27. The fraction of sp³-hybridized carbons (Fsp3) is 0.538. The van der Waals surface area contributed by atoms with E-state index in [2.05, 4.69) is 0 Å². The zero-order chi connectivity index (χ0) is 11.6. The molecule has 3 nitrogen and oxygen atoms in total. The summed E-state index contributed by atoms with van der Waals surface area (Å²) >= 11 is 0. The summed E-state index contributed by atoms with van der Waals surface area (Å²) in [6.07, 6.45) is 0.808. The van der Waals surface area contributed by atoms with Gasteiger partial charge in [-0.25, -0.2) is 0 Å². The van der Waals surface area contributed by atoms with Crippen LogP contribution in [0.4, 0.5) is 0 Å². The third-order valence-electron chi connectivity index (χ3n) is 3.14. The van der Waals surface area contributed by atoms with Gasteiger partial charge in [0.05, 0.1) is 12.2 Å². The predicted molar refractivity (Wildman–Crippen MR) is 61.1 cm³/mol. The number of hydrogen-bond donors (Lipinski definition) is 1. The van der Waals surface area contributed by atoms with E-state index >= 15 is 0 Å². The second-order valence-corrected chi connectivity index (χ2v) is 4.39. The topological polar surface area (TPSA) is 38.7 Å². The molecule has 3 heteroatoms. The van der Waals surface area contributed by atoms with Crippen molar-refractivity contribution in [2.75, 3.05) is 13.7 Å². The first kappa shape index (κ1) is 11.6. The first-order chi connectivity index (χ1) is 7.64. The van der Waals surface area contributed by atoms with Gasteiger partial charge in [-0.15, -0.1) is 0 Å². The second kappa shape index (κ2) is 4.53. The molecular weight excluding hydrogens is 204 g/mol. The highest BCUT2D eigenvalue weighted by atomic mass is 16.7. The Hall–Kier alpha value is -0.900. The van der Waals surface area contributed by atoms with E-state index in [1.165, 1.54) is 0 Å². The summed E-state index contributed by atoms with van der Waals surface area (Å²) < 4.78 is 10.5. The molecule has 1 aliphatic rings. The average Bonchev–Trinajstić information content (AvgIpc) is 2.29. The minimum atomic E-state index is -0.815. The minimum absolute atomic E-state index is 0.306. The lowest BCUT2D eigenvalue weighted by atomic mass is 9.85. The van der Waals surface area contributed by atoms with Gasteiger partial charge in [0.25, 0.3) is 0 Å². The first-order valence-corrected chi connectivity index (χ1v) is 5.58. The van der Waals surface area contributed by atoms with Gasteiger partial charge in [-0.05, 0) is 12.5 Å². The lowest BCUT2D eigenvalue weighted by molar-refractivity contribution is -0.202. The van der Waals surface area contributed by atoms with Crippen molar-refractivity contribution >= 4 is 0 Å². The number of hydrogen-bond acceptors (Lipinski definition) is 3. The van der Waals surface area contributed by atoms with Crippen LogP contribution in [-0.2, 0) is 15.1 Å². The molecule has 2 rings (SSSR count). The predicted octanol–water partition coefficient (Wildman–Crippen LogP) is 1.97. The molecule has 1 saturated heterocycles. The van der Waals surface area contributed by atoms with Gasteiger partial charge >= 0.3 is 0 Å². The van der Waals surface area contributed by atoms with Crippen molar-refractivity contribution in [1.82, 2.24) is 0 Å². The number of ether oxygens (including phenoxy) is 2. The molecule has 0 saturated carbocycles. The fourth-order valence-corrected chi connectivity index (χ4v) is 2.14. The van der Waals surface area contributed by atoms with Crippen LogP contribution in [-0.4, -0.2) is 25.1 Å². The summed E-state index contributed by atoms with van der Waals surface area (Å²) in [5, 5.41) is 10.6. The Balaban J connectivity index is 2.23. The van der Waals surface area contributed by atoms with E-state index in [1.54, 1.807) is 7.11 Å². The molecule has 0 aliphatic carbocycles. The molecule has 1 aromatic rings. The Bertz CT molecular complexity index is 364. The normalized spacial score (nSPS) is 30.3. The van der Waals surface area contributed by atoms with Crippen molar-refractivity contribution < 1.29 is 14.6 Å². The standard InChI is InChI=1S/C13H18O3/c1-10-4-3-5-11(8-10)13(14)6-7-16-12(9-13)15-2/h3-5,8,12,14H,6-7,9H2,1-2H3/t12-,13+/m0/s1. The largest absolute Gasteiger partial charge is 0.385 e. The van der Waals surface area contributed by atoms with E-state index in [-0.39, 0.29) is 6.29 Å². The Morgan fingerprint density at radius 1 is 1.50 bits per heavy atom. The van der Waals surface area contributed by atoms with Crippen molar-refractivity contribution in [3.8, 4) is 0 Å². The molecule has 0 unspecified atom stereocenters. The van der Waals surface area contributed by atoms with Gasteiger partial charge in [0.15, 0.2) is 6.29 Å². The van der Waals surface area contributed by atoms with Gasteiger partial charge in [0, 0.05) is 20.0 Å². The third kappa shape index (κ3) is 2.26. The zero-order valence-corrected chi connectivity index (χ0v) is 9.77. The molecule has 0 amide bonds. The van der Waals surface area contributed by atoms with Crippen LogP contribution in [0.5, 0.6) is 0 Å². The van der Waals surface area contributed by atoms with Gasteiger partial charge in [-0.2, -0.15) is 0 Å². The molecule has 16 heavy (non-hydrogen) atoms. The first-order valence-electron chi connectivity index (χ1n) is 5.58. The summed E-state index contributed by atoms with van der Waals surface area (Å²) in [7, 11) is 1.60. The van der Waals surface area contributed by atoms with Gasteiger partial charge in [-0.1, -0.05) is 29.8 Å². The van der Waals surface area contributed by atoms with Gasteiger partial charge in [-0.3, -0.25) is 0 Å². The average molecular weight is 222 g/mol. The van der Waals surface area contributed by atoms with Crippen molar-refractivity contribution in [2.45, 2.75) is 31.7 Å². The molecule has 1 heterocycles. The summed E-state index contributed by atoms with van der Waals surface area (Å²) in [6.45, 7) is 2.56. The number of methoxy groups -OCH3 is 1. The Morgan fingerprint density at radius 2 is 2.31 bits per heavy atom. The molecule has 0 aromatic heterocycles. The highest BCUT2D eigenvalue weighted by Gasteiger charge is 2.36. The van der Waals surface area contributed by atoms with Crippen molar-refractivity contribution in [2.24, 2.45) is 0 Å². The minimum Gasteiger partial charge on any atom is -0.385 e. The van der Waals surface area contributed by atoms with Crippen LogP contribution in [0, 0.1) is 6.92 Å². The zero-order valence-electron chi connectivity index (χ0n) is 9.77. The smallest absolute Gasteiger partial charge is 0.160 e. The molecule has 88 valence electrons. The van der Waals surface area contributed by atoms with E-state index in [1.807, 2.05) is 31.2 Å². The number of benzene rings is 1. The molecule has 0 bridgehead atoms. The molecule has 1 aromatic carbocycles. The maximum atomic E-state index is 10.6. The van der Waals surface area contributed by atoms with Gasteiger partial charge < -0.3 is 14.6 Å². The molecular formula is C13H18O3. The van der Waals surface area contributed by atoms with Crippen LogP contribution in [0.2, 0.25) is 0 Å². The van der Waals surface area contributed by atoms with E-state index in [0.717, 1.165) is 11.1 Å². The molecule has 0 spiro atoms. The summed E-state index contributed by atoms with van der Waals surface area (Å²) in [5.41, 5.74) is 1.30. The van der Waals surface area contributed by atoms with Crippen LogP contribution in [0.15, 0.2) is 24.3 Å². The fourth-order valence-electron chi connectivity index (χ4n) is 2.14. The number of aliphatic hydroxyl groups is 1. The van der Waals surface area contributed by atoms with Crippen molar-refractivity contribution in [3.63, 3.8) is 0 Å². The summed E-state index contributed by atoms with van der Waals surface area (Å²) in [6, 6.07) is 7.99. The van der Waals surface area contributed by atoms with E-state index in [0.29, 0.717) is 19.4 Å². The molecule has 1 fully saturated rings. The Labute approximate surface area is 96.0 Å². The quantitative estimate of drug-likeness (QED) is 0.831. The Kier molecular flexibility index (Phi) is 3.28. The van der Waals surface area contributed by atoms with E-state index < -0.39 is 5.60 Å². The molecule has 2 atom stereocenters. The summed E-state index contributed by atoms with van der Waals surface area (Å²) in [4.78, 5) is 0. The summed E-state index contributed by atoms with van der Waals surface area (Å²) in [5.74, 6) is 0. The Morgan fingerprint density at radius 3 is 3.00 bits per heavy atom. The van der Waals surface area contributed by atoms with Crippen LogP contribution >= 0.6 is 0 Å². The highest BCUT2D eigenvalue weighted by Crippen LogP contribution is 2.34. The second-order valence-electron chi connectivity index (χ2n) is 4.39. The van der Waals surface area contributed by atoms with Gasteiger partial charge in [0.2, 0.25) is 0 Å². The van der Waals surface area contributed by atoms with Gasteiger partial charge in [0.1, 0.15) is 0 Å². The molecule has 1 aliphatic heterocycles. The maximum Gasteiger partial charge on any atom is 0.160 e. The van der Waals surface area contributed by atoms with Crippen LogP contribution in [0.25, 0.3) is 0 Å². The van der Waals surface area contributed by atoms with Crippen molar-refractivity contribution in [3.05, 3.63) is 35.4 Å². The molecule has 1 N–H and O–H groups in total. The SMILES string of the molecule is CO[C@@H]1C[C@@](O)(c2cccc(C)c2)CCO1. The number of rotatable bonds is 2. The van der Waals surface area contributed by atoms with Crippen LogP contribution in [0.3, 0.4) is 0 Å². The lowest BCUT2D eigenvalue weighted by Gasteiger charge is -2.36. The monoisotopic (exact) mass is 222 g/mol. The van der Waals surface area contributed by atoms with E-state index in [9.17, 15) is 5.11 Å². The lowest BCUT2D eigenvalue weighted by Crippen LogP contribution is -2.39. The van der Waals surface area contributed by atoms with Crippen LogP contribution in [0.1, 0.15) is 24.0 Å². The third-order valence-corrected chi connectivity index (χ3v) is 3.14. The number of aryl methyl sites for hydroxylation is 1. The van der Waals surface area contributed by atoms with E-state index in [4.69, 9.17) is 9.47 Å². The van der Waals surface area contributed by atoms with Crippen LogP contribution < -0.4 is 0 Å². The van der Waals surface area contributed by atoms with Crippen molar-refractivity contribution in [1.29, 1.82) is 0 Å².